The van der Waals surface area contributed by atoms with Gasteiger partial charge >= 0.3 is 0 Å². The number of anilines is 1. The van der Waals surface area contributed by atoms with Crippen molar-refractivity contribution in [2.24, 2.45) is 0 Å². The summed E-state index contributed by atoms with van der Waals surface area (Å²) in [4.78, 5) is 12.1. The maximum absolute atomic E-state index is 8.97. The van der Waals surface area contributed by atoms with Gasteiger partial charge in [-0.3, -0.25) is 0 Å². The van der Waals surface area contributed by atoms with Crippen LogP contribution in [-0.4, -0.2) is 15.0 Å². The van der Waals surface area contributed by atoms with Gasteiger partial charge in [0.1, 0.15) is 11.3 Å². The van der Waals surface area contributed by atoms with Crippen molar-refractivity contribution in [2.75, 3.05) is 5.32 Å². The molecule has 2 aromatic carbocycles. The van der Waals surface area contributed by atoms with Crippen LogP contribution in [0.5, 0.6) is 0 Å². The molecule has 0 fully saturated rings. The molecule has 2 N–H and O–H groups in total. The van der Waals surface area contributed by atoms with Crippen molar-refractivity contribution in [1.82, 2.24) is 15.0 Å². The van der Waals surface area contributed by atoms with Gasteiger partial charge in [-0.15, -0.1) is 0 Å². The van der Waals surface area contributed by atoms with E-state index in [9.17, 15) is 0 Å². The Kier molecular flexibility index (Phi) is 4.38. The van der Waals surface area contributed by atoms with Gasteiger partial charge in [0.2, 0.25) is 0 Å². The minimum Gasteiger partial charge on any atom is -0.381 e. The zero-order chi connectivity index (χ0) is 17.9. The summed E-state index contributed by atoms with van der Waals surface area (Å²) in [6.45, 7) is 0.664. The molecule has 126 valence electrons. The zero-order valence-corrected chi connectivity index (χ0v) is 15.3. The molecule has 0 unspecified atom stereocenters. The maximum Gasteiger partial charge on any atom is 0.157 e. The van der Waals surface area contributed by atoms with Crippen LogP contribution in [0.4, 0.5) is 5.69 Å². The highest BCUT2D eigenvalue weighted by atomic mass is 79.9. The quantitative estimate of drug-likeness (QED) is 0.509. The first-order chi connectivity index (χ1) is 12.7. The third-order valence-electron chi connectivity index (χ3n) is 4.01. The molecule has 0 spiro atoms. The van der Waals surface area contributed by atoms with Gasteiger partial charge in [-0.2, -0.15) is 5.26 Å². The van der Waals surface area contributed by atoms with Gasteiger partial charge < -0.3 is 10.3 Å². The van der Waals surface area contributed by atoms with Crippen LogP contribution in [0.25, 0.3) is 22.6 Å². The fourth-order valence-corrected chi connectivity index (χ4v) is 3.03. The molecular weight excluding hydrogens is 390 g/mol. The van der Waals surface area contributed by atoms with Crippen LogP contribution >= 0.6 is 15.9 Å². The molecule has 26 heavy (non-hydrogen) atoms. The van der Waals surface area contributed by atoms with Crippen molar-refractivity contribution >= 4 is 32.8 Å². The predicted molar refractivity (Wildman–Crippen MR) is 106 cm³/mol. The summed E-state index contributed by atoms with van der Waals surface area (Å²) in [6.07, 6.45) is 1.75. The number of hydrogen-bond acceptors (Lipinski definition) is 4. The number of H-pyrrole nitrogens is 1. The molecule has 2 heterocycles. The lowest BCUT2D eigenvalue weighted by atomic mass is 10.1. The van der Waals surface area contributed by atoms with Gasteiger partial charge in [0.15, 0.2) is 5.65 Å². The highest BCUT2D eigenvalue weighted by Gasteiger charge is 2.07. The van der Waals surface area contributed by atoms with E-state index in [0.29, 0.717) is 12.1 Å². The minimum absolute atomic E-state index is 0.664. The van der Waals surface area contributed by atoms with E-state index < -0.39 is 0 Å². The van der Waals surface area contributed by atoms with Crippen LogP contribution in [-0.2, 0) is 6.54 Å². The molecule has 0 saturated heterocycles. The predicted octanol–water partition coefficient (Wildman–Crippen LogP) is 4.87. The summed E-state index contributed by atoms with van der Waals surface area (Å²) in [6, 6.07) is 19.7. The average molecular weight is 404 g/mol. The number of nitrogens with one attached hydrogen (secondary N) is 2. The molecule has 0 aliphatic rings. The number of fused-ring (bicyclic) bond motifs is 1. The molecule has 4 rings (SSSR count). The molecule has 0 amide bonds. The fraction of sp³-hybridized carbons (Fsp3) is 0.0500. The van der Waals surface area contributed by atoms with Gasteiger partial charge in [-0.25, -0.2) is 9.97 Å². The van der Waals surface area contributed by atoms with Crippen molar-refractivity contribution in [3.63, 3.8) is 0 Å². The number of hydrogen-bond donors (Lipinski definition) is 2. The molecule has 0 atom stereocenters. The Bertz CT molecular complexity index is 1110. The highest BCUT2D eigenvalue weighted by molar-refractivity contribution is 9.10. The van der Waals surface area contributed by atoms with Crippen LogP contribution in [0.15, 0.2) is 65.3 Å². The summed E-state index contributed by atoms with van der Waals surface area (Å²) in [7, 11) is 0. The monoisotopic (exact) mass is 403 g/mol. The van der Waals surface area contributed by atoms with E-state index in [-0.39, 0.29) is 0 Å². The lowest BCUT2D eigenvalue weighted by Crippen LogP contribution is -1.99. The van der Waals surface area contributed by atoms with E-state index in [4.69, 9.17) is 5.26 Å². The molecule has 6 heteroatoms. The SMILES string of the molecule is N#Cc1cccc(CNc2ccc(-c3nc4cc(Br)cnc4[nH]3)cc2)c1. The van der Waals surface area contributed by atoms with E-state index in [0.717, 1.165) is 38.3 Å². The fourth-order valence-electron chi connectivity index (χ4n) is 2.71. The largest absolute Gasteiger partial charge is 0.381 e. The minimum atomic E-state index is 0.664. The molecular formula is C20H14BrN5. The lowest BCUT2D eigenvalue weighted by molar-refractivity contribution is 1.15. The number of rotatable bonds is 4. The smallest absolute Gasteiger partial charge is 0.157 e. The van der Waals surface area contributed by atoms with Crippen LogP contribution in [0.1, 0.15) is 11.1 Å². The second-order valence-corrected chi connectivity index (χ2v) is 6.77. The van der Waals surface area contributed by atoms with Crippen LogP contribution in [0.2, 0.25) is 0 Å². The Morgan fingerprint density at radius 3 is 2.77 bits per heavy atom. The number of imidazole rings is 1. The molecule has 0 bridgehead atoms. The first-order valence-electron chi connectivity index (χ1n) is 8.06. The number of nitriles is 1. The van der Waals surface area contributed by atoms with Crippen molar-refractivity contribution in [2.45, 2.75) is 6.54 Å². The number of halogens is 1. The zero-order valence-electron chi connectivity index (χ0n) is 13.7. The maximum atomic E-state index is 8.97. The Balaban J connectivity index is 1.49. The van der Waals surface area contributed by atoms with Crippen LogP contribution in [0.3, 0.4) is 0 Å². The average Bonchev–Trinajstić information content (AvgIpc) is 3.10. The normalized spacial score (nSPS) is 10.6. The second-order valence-electron chi connectivity index (χ2n) is 5.85. The van der Waals surface area contributed by atoms with Crippen molar-refractivity contribution in [3.05, 3.63) is 76.4 Å². The summed E-state index contributed by atoms with van der Waals surface area (Å²) in [5.74, 6) is 0.791. The Morgan fingerprint density at radius 2 is 1.96 bits per heavy atom. The third kappa shape index (κ3) is 3.44. The summed E-state index contributed by atoms with van der Waals surface area (Å²) in [5, 5.41) is 12.3. The third-order valence-corrected chi connectivity index (χ3v) is 4.45. The Morgan fingerprint density at radius 1 is 1.12 bits per heavy atom. The summed E-state index contributed by atoms with van der Waals surface area (Å²) in [5.41, 5.74) is 5.34. The number of pyridine rings is 1. The topological polar surface area (TPSA) is 77.4 Å². The van der Waals surface area contributed by atoms with Crippen molar-refractivity contribution in [3.8, 4) is 17.5 Å². The second kappa shape index (κ2) is 6.98. The van der Waals surface area contributed by atoms with Gasteiger partial charge in [-0.05, 0) is 64.0 Å². The Hall–Kier alpha value is -3.17. The summed E-state index contributed by atoms with van der Waals surface area (Å²) >= 11 is 3.41. The van der Waals surface area contributed by atoms with E-state index in [2.05, 4.69) is 42.3 Å². The molecule has 0 aliphatic heterocycles. The van der Waals surface area contributed by atoms with Gasteiger partial charge in [0, 0.05) is 28.5 Å². The highest BCUT2D eigenvalue weighted by Crippen LogP contribution is 2.23. The Labute approximate surface area is 158 Å². The molecule has 4 aromatic rings. The molecule has 0 radical (unpaired) electrons. The summed E-state index contributed by atoms with van der Waals surface area (Å²) < 4.78 is 0.906. The molecule has 0 saturated carbocycles. The first-order valence-corrected chi connectivity index (χ1v) is 8.85. The van der Waals surface area contributed by atoms with Gasteiger partial charge in [0.05, 0.1) is 11.6 Å². The van der Waals surface area contributed by atoms with Crippen LogP contribution in [0, 0.1) is 11.3 Å². The van der Waals surface area contributed by atoms with E-state index in [1.807, 2.05) is 48.5 Å². The van der Waals surface area contributed by atoms with E-state index >= 15 is 0 Å². The van der Waals surface area contributed by atoms with E-state index in [1.165, 1.54) is 0 Å². The first kappa shape index (κ1) is 16.3. The standard InChI is InChI=1S/C20H14BrN5/c21-16-9-18-20(24-12-16)26-19(25-18)15-4-6-17(7-5-15)23-11-14-3-1-2-13(8-14)10-22/h1-9,12,23H,11H2,(H,24,25,26). The molecule has 2 aromatic heterocycles. The number of benzene rings is 2. The number of nitrogens with zero attached hydrogens (tertiary/aromatic N) is 3. The van der Waals surface area contributed by atoms with Crippen molar-refractivity contribution in [1.29, 1.82) is 5.26 Å². The lowest BCUT2D eigenvalue weighted by Gasteiger charge is -2.07. The van der Waals surface area contributed by atoms with Gasteiger partial charge in [-0.1, -0.05) is 12.1 Å². The van der Waals surface area contributed by atoms with Gasteiger partial charge in [0.25, 0.3) is 0 Å². The van der Waals surface area contributed by atoms with E-state index in [1.54, 1.807) is 12.3 Å². The van der Waals surface area contributed by atoms with Crippen molar-refractivity contribution < 1.29 is 0 Å². The van der Waals surface area contributed by atoms with Crippen LogP contribution < -0.4 is 5.32 Å². The number of aromatic nitrogens is 3. The molecule has 5 nitrogen and oxygen atoms in total. The molecule has 0 aliphatic carbocycles. The number of aromatic amines is 1.